The molecule has 0 amide bonds. The van der Waals surface area contributed by atoms with Crippen molar-refractivity contribution >= 4 is 0 Å². The molecule has 1 saturated carbocycles. The van der Waals surface area contributed by atoms with E-state index in [1.54, 1.807) is 0 Å². The highest BCUT2D eigenvalue weighted by atomic mass is 16.3. The molecule has 0 bridgehead atoms. The molecule has 1 unspecified atom stereocenters. The maximum absolute atomic E-state index is 10.3. The van der Waals surface area contributed by atoms with Crippen molar-refractivity contribution in [1.82, 2.24) is 4.98 Å². The maximum Gasteiger partial charge on any atom is 0.0833 e. The van der Waals surface area contributed by atoms with Gasteiger partial charge in [-0.25, -0.2) is 0 Å². The lowest BCUT2D eigenvalue weighted by Gasteiger charge is -2.29. The van der Waals surface area contributed by atoms with Gasteiger partial charge in [-0.2, -0.15) is 0 Å². The molecule has 0 radical (unpaired) electrons. The van der Waals surface area contributed by atoms with E-state index >= 15 is 0 Å². The number of aromatic nitrogens is 1. The van der Waals surface area contributed by atoms with Crippen LogP contribution in [-0.2, 0) is 0 Å². The minimum atomic E-state index is -0.319. The van der Waals surface area contributed by atoms with Crippen molar-refractivity contribution in [3.05, 3.63) is 29.6 Å². The first-order valence-electron chi connectivity index (χ1n) is 6.27. The van der Waals surface area contributed by atoms with Crippen LogP contribution in [0.25, 0.3) is 0 Å². The van der Waals surface area contributed by atoms with Crippen LogP contribution in [0.3, 0.4) is 0 Å². The van der Waals surface area contributed by atoms with Gasteiger partial charge in [0.2, 0.25) is 0 Å². The largest absolute Gasteiger partial charge is 0.388 e. The van der Waals surface area contributed by atoms with E-state index in [0.717, 1.165) is 30.0 Å². The molecular weight excluding hydrogens is 198 g/mol. The van der Waals surface area contributed by atoms with E-state index in [4.69, 9.17) is 0 Å². The summed E-state index contributed by atoms with van der Waals surface area (Å²) >= 11 is 0. The summed E-state index contributed by atoms with van der Waals surface area (Å²) in [5.74, 6) is 1.26. The molecular formula is C14H21NO. The van der Waals surface area contributed by atoms with Gasteiger partial charge >= 0.3 is 0 Å². The molecule has 2 rings (SSSR count). The quantitative estimate of drug-likeness (QED) is 0.828. The average Bonchev–Trinajstić information content (AvgIpc) is 2.30. The lowest BCUT2D eigenvalue weighted by atomic mass is 9.79. The Morgan fingerprint density at radius 1 is 1.25 bits per heavy atom. The zero-order chi connectivity index (χ0) is 11.5. The van der Waals surface area contributed by atoms with Crippen molar-refractivity contribution in [1.29, 1.82) is 0 Å². The van der Waals surface area contributed by atoms with Crippen molar-refractivity contribution < 1.29 is 5.11 Å². The second kappa shape index (κ2) is 4.96. The third-order valence-electron chi connectivity index (χ3n) is 3.78. The first kappa shape index (κ1) is 11.6. The Kier molecular flexibility index (Phi) is 3.59. The lowest BCUT2D eigenvalue weighted by molar-refractivity contribution is 0.0753. The zero-order valence-electron chi connectivity index (χ0n) is 10.2. The van der Waals surface area contributed by atoms with Gasteiger partial charge in [-0.15, -0.1) is 0 Å². The summed E-state index contributed by atoms with van der Waals surface area (Å²) in [6.45, 7) is 4.27. The number of nitrogens with zero attached hydrogens (tertiary/aromatic N) is 1. The summed E-state index contributed by atoms with van der Waals surface area (Å²) in [5, 5.41) is 10.3. The lowest BCUT2D eigenvalue weighted by Crippen LogP contribution is -2.19. The Morgan fingerprint density at radius 3 is 2.50 bits per heavy atom. The van der Waals surface area contributed by atoms with Gasteiger partial charge in [0.15, 0.2) is 0 Å². The summed E-state index contributed by atoms with van der Waals surface area (Å²) in [6, 6.07) is 3.98. The number of hydrogen-bond donors (Lipinski definition) is 1. The highest BCUT2D eigenvalue weighted by Gasteiger charge is 2.25. The second-order valence-electron chi connectivity index (χ2n) is 5.20. The smallest absolute Gasteiger partial charge is 0.0833 e. The Bertz CT molecular complexity index is 325. The molecule has 1 aromatic heterocycles. The molecule has 2 nitrogen and oxygen atoms in total. The van der Waals surface area contributed by atoms with Crippen LogP contribution in [0.1, 0.15) is 50.0 Å². The standard InChI is InChI=1S/C14H21NO/c1-10-3-6-12(7-4-10)14(16)13-8-5-11(2)15-9-13/h5,8-10,12,14,16H,3-4,6-7H2,1-2H3. The van der Waals surface area contributed by atoms with E-state index in [2.05, 4.69) is 11.9 Å². The fraction of sp³-hybridized carbons (Fsp3) is 0.643. The predicted molar refractivity (Wildman–Crippen MR) is 65.1 cm³/mol. The summed E-state index contributed by atoms with van der Waals surface area (Å²) in [4.78, 5) is 4.25. The van der Waals surface area contributed by atoms with E-state index in [-0.39, 0.29) is 6.10 Å². The van der Waals surface area contributed by atoms with Gasteiger partial charge in [-0.05, 0) is 43.2 Å². The van der Waals surface area contributed by atoms with Gasteiger partial charge in [0, 0.05) is 11.9 Å². The van der Waals surface area contributed by atoms with Crippen LogP contribution in [0.2, 0.25) is 0 Å². The predicted octanol–water partition coefficient (Wildman–Crippen LogP) is 3.25. The molecule has 0 spiro atoms. The maximum atomic E-state index is 10.3. The molecule has 1 aliphatic rings. The molecule has 1 aromatic rings. The number of hydrogen-bond acceptors (Lipinski definition) is 2. The number of aliphatic hydroxyl groups is 1. The number of aliphatic hydroxyl groups excluding tert-OH is 1. The Labute approximate surface area is 97.7 Å². The van der Waals surface area contributed by atoms with Gasteiger partial charge in [-0.1, -0.05) is 25.8 Å². The van der Waals surface area contributed by atoms with Crippen LogP contribution in [0.5, 0.6) is 0 Å². The summed E-state index contributed by atoms with van der Waals surface area (Å²) in [7, 11) is 0. The van der Waals surface area contributed by atoms with E-state index in [1.165, 1.54) is 12.8 Å². The van der Waals surface area contributed by atoms with E-state index in [1.807, 2.05) is 25.3 Å². The van der Waals surface area contributed by atoms with Gasteiger partial charge in [0.25, 0.3) is 0 Å². The average molecular weight is 219 g/mol. The van der Waals surface area contributed by atoms with Crippen LogP contribution in [0.15, 0.2) is 18.3 Å². The van der Waals surface area contributed by atoms with Crippen molar-refractivity contribution in [2.75, 3.05) is 0 Å². The van der Waals surface area contributed by atoms with Crippen LogP contribution in [0.4, 0.5) is 0 Å². The normalized spacial score (nSPS) is 27.7. The SMILES string of the molecule is Cc1ccc(C(O)C2CCC(C)CC2)cn1. The molecule has 1 atom stereocenters. The molecule has 1 N–H and O–H groups in total. The molecule has 16 heavy (non-hydrogen) atoms. The summed E-state index contributed by atoms with van der Waals surface area (Å²) < 4.78 is 0. The van der Waals surface area contributed by atoms with E-state index in [0.29, 0.717) is 5.92 Å². The number of pyridine rings is 1. The number of rotatable bonds is 2. The third-order valence-corrected chi connectivity index (χ3v) is 3.78. The van der Waals surface area contributed by atoms with Crippen molar-refractivity contribution in [3.63, 3.8) is 0 Å². The van der Waals surface area contributed by atoms with Gasteiger partial charge in [-0.3, -0.25) is 4.98 Å². The minimum absolute atomic E-state index is 0.319. The van der Waals surface area contributed by atoms with Crippen LogP contribution in [0, 0.1) is 18.8 Å². The molecule has 0 aromatic carbocycles. The van der Waals surface area contributed by atoms with Crippen LogP contribution in [-0.4, -0.2) is 10.1 Å². The molecule has 1 fully saturated rings. The van der Waals surface area contributed by atoms with Crippen LogP contribution >= 0.6 is 0 Å². The monoisotopic (exact) mass is 219 g/mol. The molecule has 0 aliphatic heterocycles. The van der Waals surface area contributed by atoms with Crippen LogP contribution < -0.4 is 0 Å². The fourth-order valence-corrected chi connectivity index (χ4v) is 2.53. The topological polar surface area (TPSA) is 33.1 Å². The van der Waals surface area contributed by atoms with Crippen molar-refractivity contribution in [2.24, 2.45) is 11.8 Å². The molecule has 1 aliphatic carbocycles. The van der Waals surface area contributed by atoms with Gasteiger partial charge in [0.1, 0.15) is 0 Å². The minimum Gasteiger partial charge on any atom is -0.388 e. The molecule has 1 heterocycles. The zero-order valence-corrected chi connectivity index (χ0v) is 10.2. The Hall–Kier alpha value is -0.890. The first-order chi connectivity index (χ1) is 7.66. The highest BCUT2D eigenvalue weighted by molar-refractivity contribution is 5.16. The van der Waals surface area contributed by atoms with Crippen molar-refractivity contribution in [3.8, 4) is 0 Å². The van der Waals surface area contributed by atoms with Gasteiger partial charge < -0.3 is 5.11 Å². The van der Waals surface area contributed by atoms with E-state index in [9.17, 15) is 5.11 Å². The molecule has 2 heteroatoms. The second-order valence-corrected chi connectivity index (χ2v) is 5.20. The number of aryl methyl sites for hydroxylation is 1. The fourth-order valence-electron chi connectivity index (χ4n) is 2.53. The Morgan fingerprint density at radius 2 is 1.94 bits per heavy atom. The van der Waals surface area contributed by atoms with E-state index < -0.39 is 0 Å². The molecule has 0 saturated heterocycles. The molecule has 88 valence electrons. The summed E-state index contributed by atoms with van der Waals surface area (Å²) in [6.07, 6.45) is 6.30. The Balaban J connectivity index is 2.01. The third kappa shape index (κ3) is 2.62. The van der Waals surface area contributed by atoms with Gasteiger partial charge in [0.05, 0.1) is 6.10 Å². The highest BCUT2D eigenvalue weighted by Crippen LogP contribution is 2.36. The first-order valence-corrected chi connectivity index (χ1v) is 6.27. The van der Waals surface area contributed by atoms with Crippen molar-refractivity contribution in [2.45, 2.75) is 45.6 Å². The summed E-state index contributed by atoms with van der Waals surface area (Å²) in [5.41, 5.74) is 1.98.